The first kappa shape index (κ1) is 14.6. The molecule has 0 aliphatic carbocycles. The highest BCUT2D eigenvalue weighted by Crippen LogP contribution is 2.24. The Kier molecular flexibility index (Phi) is 4.78. The molecule has 4 nitrogen and oxygen atoms in total. The lowest BCUT2D eigenvalue weighted by Crippen LogP contribution is -2.19. The number of phenols is 1. The van der Waals surface area contributed by atoms with Gasteiger partial charge in [-0.3, -0.25) is 0 Å². The smallest absolute Gasteiger partial charge is 0.339 e. The van der Waals surface area contributed by atoms with Gasteiger partial charge in [-0.25, -0.2) is 4.79 Å². The van der Waals surface area contributed by atoms with Gasteiger partial charge in [0, 0.05) is 14.1 Å². The molecule has 5 heteroatoms. The first-order valence-corrected chi connectivity index (χ1v) is 9.69. The van der Waals surface area contributed by atoms with Crippen LogP contribution in [0.15, 0.2) is 18.2 Å². The SMILES string of the molecule is C[Si](C)(C)CCCOc1ccc(C(=O)O)c(O)c1. The minimum Gasteiger partial charge on any atom is -0.507 e. The maximum Gasteiger partial charge on any atom is 0.339 e. The van der Waals surface area contributed by atoms with Gasteiger partial charge < -0.3 is 14.9 Å². The van der Waals surface area contributed by atoms with E-state index in [1.165, 1.54) is 18.2 Å². The van der Waals surface area contributed by atoms with Crippen molar-refractivity contribution in [1.29, 1.82) is 0 Å². The largest absolute Gasteiger partial charge is 0.507 e. The van der Waals surface area contributed by atoms with Crippen molar-refractivity contribution in [1.82, 2.24) is 0 Å². The van der Waals surface area contributed by atoms with Crippen LogP contribution in [0.25, 0.3) is 0 Å². The van der Waals surface area contributed by atoms with Gasteiger partial charge in [0.15, 0.2) is 0 Å². The molecular formula is C13H20O4Si. The summed E-state index contributed by atoms with van der Waals surface area (Å²) < 4.78 is 5.49. The Morgan fingerprint density at radius 3 is 2.50 bits per heavy atom. The zero-order chi connectivity index (χ0) is 13.8. The second kappa shape index (κ2) is 5.91. The van der Waals surface area contributed by atoms with Crippen molar-refractivity contribution >= 4 is 14.0 Å². The number of ether oxygens (including phenoxy) is 1. The number of carboxylic acid groups (broad SMARTS) is 1. The van der Waals surface area contributed by atoms with Gasteiger partial charge in [-0.05, 0) is 18.6 Å². The molecule has 0 fully saturated rings. The molecule has 0 radical (unpaired) electrons. The van der Waals surface area contributed by atoms with Crippen LogP contribution >= 0.6 is 0 Å². The number of hydrogen-bond donors (Lipinski definition) is 2. The lowest BCUT2D eigenvalue weighted by molar-refractivity contribution is 0.0693. The first-order valence-electron chi connectivity index (χ1n) is 5.99. The quantitative estimate of drug-likeness (QED) is 0.614. The molecule has 18 heavy (non-hydrogen) atoms. The fraction of sp³-hybridized carbons (Fsp3) is 0.462. The molecule has 1 rings (SSSR count). The Morgan fingerprint density at radius 2 is 2.00 bits per heavy atom. The molecule has 0 saturated heterocycles. The van der Waals surface area contributed by atoms with E-state index in [1.54, 1.807) is 6.07 Å². The fourth-order valence-corrected chi connectivity index (χ4v) is 2.78. The Bertz CT molecular complexity index is 423. The van der Waals surface area contributed by atoms with Crippen molar-refractivity contribution in [3.63, 3.8) is 0 Å². The zero-order valence-electron chi connectivity index (χ0n) is 11.1. The molecule has 0 aliphatic heterocycles. The van der Waals surface area contributed by atoms with Crippen LogP contribution in [0, 0.1) is 0 Å². The summed E-state index contributed by atoms with van der Waals surface area (Å²) in [5.41, 5.74) is -0.107. The number of aromatic hydroxyl groups is 1. The molecule has 0 bridgehead atoms. The number of aromatic carboxylic acids is 1. The molecule has 0 spiro atoms. The minimum absolute atomic E-state index is 0.107. The van der Waals surface area contributed by atoms with Crippen LogP contribution in [0.4, 0.5) is 0 Å². The van der Waals surface area contributed by atoms with Crippen molar-refractivity contribution in [2.75, 3.05) is 6.61 Å². The highest BCUT2D eigenvalue weighted by atomic mass is 28.3. The Balaban J connectivity index is 2.49. The van der Waals surface area contributed by atoms with Gasteiger partial charge in [-0.15, -0.1) is 0 Å². The van der Waals surface area contributed by atoms with Gasteiger partial charge in [0.2, 0.25) is 0 Å². The number of hydrogen-bond acceptors (Lipinski definition) is 3. The lowest BCUT2D eigenvalue weighted by Gasteiger charge is -2.15. The van der Waals surface area contributed by atoms with Crippen molar-refractivity contribution in [3.05, 3.63) is 23.8 Å². The van der Waals surface area contributed by atoms with Crippen molar-refractivity contribution in [2.45, 2.75) is 32.1 Å². The summed E-state index contributed by atoms with van der Waals surface area (Å²) in [6.45, 7) is 7.51. The summed E-state index contributed by atoms with van der Waals surface area (Å²) in [6.07, 6.45) is 0.983. The van der Waals surface area contributed by atoms with Crippen LogP contribution in [-0.2, 0) is 0 Å². The van der Waals surface area contributed by atoms with E-state index in [1.807, 2.05) is 0 Å². The van der Waals surface area contributed by atoms with Crippen LogP contribution in [0.1, 0.15) is 16.8 Å². The molecule has 0 aliphatic rings. The van der Waals surface area contributed by atoms with Gasteiger partial charge in [0.05, 0.1) is 6.61 Å². The predicted octanol–water partition coefficient (Wildman–Crippen LogP) is 3.20. The zero-order valence-corrected chi connectivity index (χ0v) is 12.1. The molecule has 0 atom stereocenters. The van der Waals surface area contributed by atoms with Gasteiger partial charge in [-0.2, -0.15) is 0 Å². The fourth-order valence-electron chi connectivity index (χ4n) is 1.57. The van der Waals surface area contributed by atoms with Gasteiger partial charge >= 0.3 is 5.97 Å². The van der Waals surface area contributed by atoms with Crippen LogP contribution < -0.4 is 4.74 Å². The average molecular weight is 268 g/mol. The predicted molar refractivity (Wildman–Crippen MR) is 73.3 cm³/mol. The standard InChI is InChI=1S/C13H20O4Si/c1-18(2,3)8-4-7-17-10-5-6-11(13(15)16)12(14)9-10/h5-6,9,14H,4,7-8H2,1-3H3,(H,15,16). The van der Waals surface area contributed by atoms with Crippen molar-refractivity contribution < 1.29 is 19.7 Å². The first-order chi connectivity index (χ1) is 8.29. The monoisotopic (exact) mass is 268 g/mol. The number of carbonyl (C=O) groups is 1. The Morgan fingerprint density at radius 1 is 1.33 bits per heavy atom. The third kappa shape index (κ3) is 4.79. The molecule has 0 saturated carbocycles. The van der Waals surface area contributed by atoms with Crippen LogP contribution in [0.2, 0.25) is 25.7 Å². The Labute approximate surface area is 108 Å². The summed E-state index contributed by atoms with van der Waals surface area (Å²) >= 11 is 0. The molecule has 0 aromatic heterocycles. The average Bonchev–Trinajstić information content (AvgIpc) is 2.22. The van der Waals surface area contributed by atoms with E-state index >= 15 is 0 Å². The van der Waals surface area contributed by atoms with E-state index in [4.69, 9.17) is 9.84 Å². The van der Waals surface area contributed by atoms with Crippen LogP contribution in [0.5, 0.6) is 11.5 Å². The third-order valence-electron chi connectivity index (χ3n) is 2.54. The summed E-state index contributed by atoms with van der Waals surface area (Å²) in [5, 5.41) is 18.3. The molecule has 100 valence electrons. The summed E-state index contributed by atoms with van der Waals surface area (Å²) in [6, 6.07) is 5.45. The normalized spacial score (nSPS) is 11.3. The van der Waals surface area contributed by atoms with Gasteiger partial charge in [-0.1, -0.05) is 25.7 Å². The third-order valence-corrected chi connectivity index (χ3v) is 4.39. The van der Waals surface area contributed by atoms with Gasteiger partial charge in [0.1, 0.15) is 17.1 Å². The molecule has 2 N–H and O–H groups in total. The second-order valence-electron chi connectivity index (χ2n) is 5.50. The molecule has 0 amide bonds. The van der Waals surface area contributed by atoms with Gasteiger partial charge in [0.25, 0.3) is 0 Å². The molecule has 0 unspecified atom stereocenters. The topological polar surface area (TPSA) is 66.8 Å². The van der Waals surface area contributed by atoms with E-state index in [0.717, 1.165) is 6.42 Å². The highest BCUT2D eigenvalue weighted by Gasteiger charge is 2.13. The van der Waals surface area contributed by atoms with E-state index in [2.05, 4.69) is 19.6 Å². The maximum absolute atomic E-state index is 10.7. The minimum atomic E-state index is -1.14. The van der Waals surface area contributed by atoms with Crippen molar-refractivity contribution in [2.24, 2.45) is 0 Å². The molecule has 1 aromatic carbocycles. The summed E-state index contributed by atoms with van der Waals surface area (Å²) in [5.74, 6) is -0.893. The van der Waals surface area contributed by atoms with E-state index in [-0.39, 0.29) is 11.3 Å². The van der Waals surface area contributed by atoms with Crippen LogP contribution in [-0.4, -0.2) is 30.9 Å². The molecular weight excluding hydrogens is 248 g/mol. The molecule has 0 heterocycles. The second-order valence-corrected chi connectivity index (χ2v) is 11.1. The maximum atomic E-state index is 10.7. The van der Waals surface area contributed by atoms with Crippen molar-refractivity contribution in [3.8, 4) is 11.5 Å². The van der Waals surface area contributed by atoms with E-state index in [9.17, 15) is 9.90 Å². The summed E-state index contributed by atoms with van der Waals surface area (Å²) in [7, 11) is -1.04. The summed E-state index contributed by atoms with van der Waals surface area (Å²) in [4.78, 5) is 10.7. The number of carboxylic acids is 1. The number of benzene rings is 1. The van der Waals surface area contributed by atoms with E-state index in [0.29, 0.717) is 12.4 Å². The lowest BCUT2D eigenvalue weighted by atomic mass is 10.2. The highest BCUT2D eigenvalue weighted by molar-refractivity contribution is 6.76. The van der Waals surface area contributed by atoms with Crippen LogP contribution in [0.3, 0.4) is 0 Å². The number of rotatable bonds is 6. The Hall–Kier alpha value is -1.49. The van der Waals surface area contributed by atoms with E-state index < -0.39 is 14.0 Å². The molecule has 1 aromatic rings.